The summed E-state index contributed by atoms with van der Waals surface area (Å²) in [7, 11) is 0. The molecule has 0 aromatic heterocycles. The minimum Gasteiger partial charge on any atom is -0.393 e. The smallest absolute Gasteiger partial charge is 0.0584 e. The molecule has 0 heterocycles. The van der Waals surface area contributed by atoms with Crippen LogP contribution < -0.4 is 0 Å². The molecular formula is C12H14Cl2O. The van der Waals surface area contributed by atoms with Crippen molar-refractivity contribution in [1.82, 2.24) is 0 Å². The highest BCUT2D eigenvalue weighted by molar-refractivity contribution is 6.35. The van der Waals surface area contributed by atoms with E-state index in [1.807, 2.05) is 6.07 Å². The molecule has 0 bridgehead atoms. The van der Waals surface area contributed by atoms with Crippen LogP contribution in [-0.2, 0) is 6.42 Å². The Hall–Kier alpha value is -0.500. The fraction of sp³-hybridized carbons (Fsp3) is 0.333. The summed E-state index contributed by atoms with van der Waals surface area (Å²) in [6.07, 6.45) is 3.51. The fourth-order valence-corrected chi connectivity index (χ4v) is 1.84. The number of rotatable bonds is 5. The van der Waals surface area contributed by atoms with Crippen LogP contribution in [-0.4, -0.2) is 11.2 Å². The summed E-state index contributed by atoms with van der Waals surface area (Å²) < 4.78 is 0. The van der Waals surface area contributed by atoms with Crippen molar-refractivity contribution in [2.24, 2.45) is 0 Å². The highest BCUT2D eigenvalue weighted by atomic mass is 35.5. The van der Waals surface area contributed by atoms with Crippen molar-refractivity contribution in [3.63, 3.8) is 0 Å². The molecule has 3 heteroatoms. The number of hydrogen-bond acceptors (Lipinski definition) is 1. The van der Waals surface area contributed by atoms with Crippen molar-refractivity contribution in [3.05, 3.63) is 46.5 Å². The summed E-state index contributed by atoms with van der Waals surface area (Å²) in [6, 6.07) is 5.32. The molecule has 15 heavy (non-hydrogen) atoms. The molecule has 1 rings (SSSR count). The van der Waals surface area contributed by atoms with Gasteiger partial charge in [-0.15, -0.1) is 6.58 Å². The van der Waals surface area contributed by atoms with Gasteiger partial charge in [0.2, 0.25) is 0 Å². The van der Waals surface area contributed by atoms with Crippen molar-refractivity contribution in [2.45, 2.75) is 25.4 Å². The number of halogens is 2. The van der Waals surface area contributed by atoms with Gasteiger partial charge >= 0.3 is 0 Å². The first-order chi connectivity index (χ1) is 7.13. The average Bonchev–Trinajstić information content (AvgIpc) is 2.19. The Labute approximate surface area is 100 Å². The normalized spacial score (nSPS) is 12.5. The van der Waals surface area contributed by atoms with Crippen molar-refractivity contribution in [3.8, 4) is 0 Å². The monoisotopic (exact) mass is 244 g/mol. The predicted octanol–water partition coefficient (Wildman–Crippen LogP) is 3.86. The van der Waals surface area contributed by atoms with Gasteiger partial charge in [-0.1, -0.05) is 35.3 Å². The Bertz CT molecular complexity index is 336. The largest absolute Gasteiger partial charge is 0.393 e. The molecule has 1 N–H and O–H groups in total. The quantitative estimate of drug-likeness (QED) is 0.781. The third-order valence-corrected chi connectivity index (χ3v) is 2.76. The molecule has 0 aliphatic rings. The van der Waals surface area contributed by atoms with E-state index >= 15 is 0 Å². The third-order valence-electron chi connectivity index (χ3n) is 2.17. The van der Waals surface area contributed by atoms with Gasteiger partial charge in [0, 0.05) is 10.0 Å². The zero-order valence-electron chi connectivity index (χ0n) is 8.42. The van der Waals surface area contributed by atoms with E-state index < -0.39 is 0 Å². The van der Waals surface area contributed by atoms with Crippen molar-refractivity contribution >= 4 is 23.2 Å². The average molecular weight is 245 g/mol. The minimum absolute atomic E-state index is 0.373. The lowest BCUT2D eigenvalue weighted by molar-refractivity contribution is 0.166. The minimum atomic E-state index is -0.373. The van der Waals surface area contributed by atoms with Crippen LogP contribution in [0.3, 0.4) is 0 Å². The number of aliphatic hydroxyl groups excluding tert-OH is 1. The van der Waals surface area contributed by atoms with E-state index in [0.717, 1.165) is 12.0 Å². The van der Waals surface area contributed by atoms with Crippen LogP contribution in [0.5, 0.6) is 0 Å². The van der Waals surface area contributed by atoms with Crippen molar-refractivity contribution in [2.75, 3.05) is 0 Å². The van der Waals surface area contributed by atoms with Gasteiger partial charge in [-0.05, 0) is 37.0 Å². The molecule has 1 unspecified atom stereocenters. The number of benzene rings is 1. The van der Waals surface area contributed by atoms with Gasteiger partial charge in [0.05, 0.1) is 6.10 Å². The first-order valence-corrected chi connectivity index (χ1v) is 5.62. The van der Waals surface area contributed by atoms with E-state index in [1.54, 1.807) is 18.2 Å². The molecule has 0 amide bonds. The first-order valence-electron chi connectivity index (χ1n) is 4.86. The molecule has 0 radical (unpaired) electrons. The van der Waals surface area contributed by atoms with Gasteiger partial charge in [-0.25, -0.2) is 0 Å². The van der Waals surface area contributed by atoms with E-state index in [0.29, 0.717) is 22.9 Å². The van der Waals surface area contributed by atoms with Crippen LogP contribution in [0.25, 0.3) is 0 Å². The summed E-state index contributed by atoms with van der Waals surface area (Å²) in [5.74, 6) is 0. The molecule has 1 aromatic carbocycles. The number of hydrogen-bond donors (Lipinski definition) is 1. The molecule has 0 fully saturated rings. The van der Waals surface area contributed by atoms with Crippen molar-refractivity contribution < 1.29 is 5.11 Å². The van der Waals surface area contributed by atoms with Gasteiger partial charge in [-0.3, -0.25) is 0 Å². The van der Waals surface area contributed by atoms with Crippen LogP contribution in [0, 0.1) is 0 Å². The molecule has 1 aromatic rings. The lowest BCUT2D eigenvalue weighted by Crippen LogP contribution is -2.10. The molecule has 0 aliphatic heterocycles. The maximum Gasteiger partial charge on any atom is 0.0584 e. The molecule has 1 nitrogen and oxygen atoms in total. The molecule has 0 spiro atoms. The van der Waals surface area contributed by atoms with Crippen LogP contribution in [0.15, 0.2) is 30.9 Å². The molecular weight excluding hydrogens is 231 g/mol. The lowest BCUT2D eigenvalue weighted by atomic mass is 10.0. The highest BCUT2D eigenvalue weighted by Gasteiger charge is 2.07. The van der Waals surface area contributed by atoms with Crippen LogP contribution in [0.1, 0.15) is 18.4 Å². The molecule has 82 valence electrons. The Morgan fingerprint density at radius 2 is 2.13 bits per heavy atom. The zero-order chi connectivity index (χ0) is 11.3. The van der Waals surface area contributed by atoms with Crippen LogP contribution >= 0.6 is 23.2 Å². The standard InChI is InChI=1S/C12H14Cl2O/c1-2-3-4-11(15)7-9-5-6-10(13)8-12(9)14/h2,5-6,8,11,15H,1,3-4,7H2. The Morgan fingerprint density at radius 3 is 2.73 bits per heavy atom. The van der Waals surface area contributed by atoms with Gasteiger partial charge in [0.25, 0.3) is 0 Å². The zero-order valence-corrected chi connectivity index (χ0v) is 9.93. The summed E-state index contributed by atoms with van der Waals surface area (Å²) >= 11 is 11.8. The fourth-order valence-electron chi connectivity index (χ4n) is 1.35. The maximum absolute atomic E-state index is 9.69. The van der Waals surface area contributed by atoms with E-state index in [-0.39, 0.29) is 6.10 Å². The third kappa shape index (κ3) is 4.25. The van der Waals surface area contributed by atoms with E-state index in [2.05, 4.69) is 6.58 Å². The van der Waals surface area contributed by atoms with Gasteiger partial charge < -0.3 is 5.11 Å². The Balaban J connectivity index is 2.59. The highest BCUT2D eigenvalue weighted by Crippen LogP contribution is 2.22. The SMILES string of the molecule is C=CCCC(O)Cc1ccc(Cl)cc1Cl. The summed E-state index contributed by atoms with van der Waals surface area (Å²) in [5.41, 5.74) is 0.928. The van der Waals surface area contributed by atoms with E-state index in [1.165, 1.54) is 0 Å². The van der Waals surface area contributed by atoms with Crippen molar-refractivity contribution in [1.29, 1.82) is 0 Å². The Morgan fingerprint density at radius 1 is 1.40 bits per heavy atom. The summed E-state index contributed by atoms with van der Waals surface area (Å²) in [4.78, 5) is 0. The topological polar surface area (TPSA) is 20.2 Å². The lowest BCUT2D eigenvalue weighted by Gasteiger charge is -2.10. The van der Waals surface area contributed by atoms with Crippen LogP contribution in [0.2, 0.25) is 10.0 Å². The predicted molar refractivity (Wildman–Crippen MR) is 65.6 cm³/mol. The van der Waals surface area contributed by atoms with Gasteiger partial charge in [-0.2, -0.15) is 0 Å². The number of aliphatic hydroxyl groups is 1. The summed E-state index contributed by atoms with van der Waals surface area (Å²) in [6.45, 7) is 3.61. The molecule has 0 aliphatic carbocycles. The van der Waals surface area contributed by atoms with Gasteiger partial charge in [0.15, 0.2) is 0 Å². The van der Waals surface area contributed by atoms with Crippen LogP contribution in [0.4, 0.5) is 0 Å². The Kier molecular flexibility index (Phi) is 5.16. The second-order valence-corrected chi connectivity index (χ2v) is 4.30. The van der Waals surface area contributed by atoms with E-state index in [4.69, 9.17) is 23.2 Å². The molecule has 0 saturated carbocycles. The second kappa shape index (κ2) is 6.16. The first kappa shape index (κ1) is 12.6. The molecule has 1 atom stereocenters. The second-order valence-electron chi connectivity index (χ2n) is 3.46. The maximum atomic E-state index is 9.69. The molecule has 0 saturated heterocycles. The van der Waals surface area contributed by atoms with E-state index in [9.17, 15) is 5.11 Å². The van der Waals surface area contributed by atoms with Gasteiger partial charge in [0.1, 0.15) is 0 Å². The summed E-state index contributed by atoms with van der Waals surface area (Å²) in [5, 5.41) is 10.9. The number of allylic oxidation sites excluding steroid dienone is 1.